The van der Waals surface area contributed by atoms with Crippen LogP contribution in [-0.2, 0) is 11.2 Å². The number of hydrogen-bond acceptors (Lipinski definition) is 4. The number of ether oxygens (including phenoxy) is 2. The van der Waals surface area contributed by atoms with E-state index in [-0.39, 0.29) is 30.8 Å². The monoisotopic (exact) mass is 392 g/mol. The minimum Gasteiger partial charge on any atom is -0.497 e. The maximum atomic E-state index is 12.3. The van der Waals surface area contributed by atoms with Crippen LogP contribution in [-0.4, -0.2) is 26.7 Å². The van der Waals surface area contributed by atoms with Gasteiger partial charge in [-0.3, -0.25) is 4.79 Å². The van der Waals surface area contributed by atoms with Gasteiger partial charge in [0.2, 0.25) is 5.91 Å². The van der Waals surface area contributed by atoms with Gasteiger partial charge in [-0.05, 0) is 35.2 Å². The number of nitrogens with one attached hydrogen (secondary N) is 1. The van der Waals surface area contributed by atoms with E-state index in [9.17, 15) is 4.79 Å². The Labute approximate surface area is 167 Å². The molecule has 148 valence electrons. The van der Waals surface area contributed by atoms with Gasteiger partial charge in [-0.2, -0.15) is 0 Å². The minimum atomic E-state index is -0.243. The summed E-state index contributed by atoms with van der Waals surface area (Å²) >= 11 is 0. The number of methoxy groups -OCH3 is 2. The lowest BCUT2D eigenvalue weighted by atomic mass is 9.99. The predicted octanol–water partition coefficient (Wildman–Crippen LogP) is 3.61. The molecule has 0 fully saturated rings. The Hall–Kier alpha value is -2.24. The predicted molar refractivity (Wildman–Crippen MR) is 111 cm³/mol. The van der Waals surface area contributed by atoms with Crippen molar-refractivity contribution in [1.29, 1.82) is 0 Å². The summed E-state index contributed by atoms with van der Waals surface area (Å²) in [7, 11) is 3.18. The maximum absolute atomic E-state index is 12.3. The molecule has 3 N–H and O–H groups in total. The molecule has 2 rings (SSSR count). The van der Waals surface area contributed by atoms with E-state index in [1.165, 1.54) is 5.56 Å². The highest BCUT2D eigenvalue weighted by Gasteiger charge is 2.12. The highest BCUT2D eigenvalue weighted by Crippen LogP contribution is 2.24. The number of amides is 1. The van der Waals surface area contributed by atoms with Crippen molar-refractivity contribution in [3.05, 3.63) is 59.2 Å². The van der Waals surface area contributed by atoms with E-state index in [1.807, 2.05) is 18.2 Å². The zero-order valence-electron chi connectivity index (χ0n) is 16.3. The Morgan fingerprint density at radius 2 is 1.67 bits per heavy atom. The third kappa shape index (κ3) is 6.45. The van der Waals surface area contributed by atoms with Crippen molar-refractivity contribution in [1.82, 2.24) is 5.32 Å². The zero-order valence-corrected chi connectivity index (χ0v) is 17.1. The lowest BCUT2D eigenvalue weighted by Crippen LogP contribution is -2.33. The Morgan fingerprint density at radius 3 is 2.22 bits per heavy atom. The van der Waals surface area contributed by atoms with E-state index in [2.05, 4.69) is 31.3 Å². The van der Waals surface area contributed by atoms with E-state index in [0.29, 0.717) is 24.0 Å². The van der Waals surface area contributed by atoms with Crippen LogP contribution in [0.3, 0.4) is 0 Å². The lowest BCUT2D eigenvalue weighted by molar-refractivity contribution is -0.120. The number of nitrogens with two attached hydrogens (primary N) is 1. The number of rotatable bonds is 8. The number of benzene rings is 2. The second-order valence-electron chi connectivity index (χ2n) is 6.59. The molecule has 0 aliphatic rings. The van der Waals surface area contributed by atoms with Crippen molar-refractivity contribution in [3.8, 4) is 11.5 Å². The van der Waals surface area contributed by atoms with Crippen LogP contribution in [0.2, 0.25) is 0 Å². The molecular formula is C21H29ClN2O3. The first-order valence-electron chi connectivity index (χ1n) is 8.77. The van der Waals surface area contributed by atoms with Crippen LogP contribution in [0.25, 0.3) is 0 Å². The molecular weight excluding hydrogens is 364 g/mol. The molecule has 0 saturated carbocycles. The number of carbonyl (C=O) groups is 1. The first-order valence-corrected chi connectivity index (χ1v) is 8.77. The summed E-state index contributed by atoms with van der Waals surface area (Å²) in [6.07, 6.45) is 0.208. The third-order valence-electron chi connectivity index (χ3n) is 4.39. The van der Waals surface area contributed by atoms with Gasteiger partial charge >= 0.3 is 0 Å². The number of hydrogen-bond donors (Lipinski definition) is 2. The van der Waals surface area contributed by atoms with Crippen molar-refractivity contribution in [2.24, 2.45) is 5.73 Å². The first kappa shape index (κ1) is 22.8. The largest absolute Gasteiger partial charge is 0.497 e. The van der Waals surface area contributed by atoms with Gasteiger partial charge in [0, 0.05) is 18.2 Å². The molecule has 27 heavy (non-hydrogen) atoms. The van der Waals surface area contributed by atoms with Crippen LogP contribution >= 0.6 is 12.4 Å². The highest BCUT2D eigenvalue weighted by atomic mass is 35.5. The van der Waals surface area contributed by atoms with E-state index in [1.54, 1.807) is 26.4 Å². The summed E-state index contributed by atoms with van der Waals surface area (Å²) in [6, 6.07) is 13.4. The number of halogens is 1. The molecule has 0 heterocycles. The summed E-state index contributed by atoms with van der Waals surface area (Å²) in [6.45, 7) is 4.69. The lowest BCUT2D eigenvalue weighted by Gasteiger charge is -2.15. The van der Waals surface area contributed by atoms with Crippen LogP contribution in [0, 0.1) is 0 Å². The fourth-order valence-electron chi connectivity index (χ4n) is 2.73. The van der Waals surface area contributed by atoms with Gasteiger partial charge in [0.1, 0.15) is 11.5 Å². The molecule has 0 aromatic heterocycles. The molecule has 1 atom stereocenters. The molecule has 2 aromatic carbocycles. The molecule has 1 unspecified atom stereocenters. The van der Waals surface area contributed by atoms with Crippen molar-refractivity contribution < 1.29 is 14.3 Å². The molecule has 0 radical (unpaired) electrons. The van der Waals surface area contributed by atoms with Crippen LogP contribution in [0.15, 0.2) is 42.5 Å². The van der Waals surface area contributed by atoms with Crippen molar-refractivity contribution >= 4 is 18.3 Å². The third-order valence-corrected chi connectivity index (χ3v) is 4.39. The molecule has 0 saturated heterocycles. The van der Waals surface area contributed by atoms with Gasteiger partial charge in [0.05, 0.1) is 20.6 Å². The molecule has 1 amide bonds. The van der Waals surface area contributed by atoms with Gasteiger partial charge in [0.15, 0.2) is 0 Å². The SMILES string of the molecule is COc1ccc(OC)c(CC(=O)NCC(N)c2ccc(C(C)C)cc2)c1.Cl. The quantitative estimate of drug-likeness (QED) is 0.719. The molecule has 0 aliphatic carbocycles. The topological polar surface area (TPSA) is 73.6 Å². The summed E-state index contributed by atoms with van der Waals surface area (Å²) in [5, 5.41) is 2.90. The molecule has 0 aliphatic heterocycles. The standard InChI is InChI=1S/C21H28N2O3.ClH/c1-14(2)15-5-7-16(8-6-15)19(22)13-23-21(24)12-17-11-18(25-3)9-10-20(17)26-4;/h5-11,14,19H,12-13,22H2,1-4H3,(H,23,24);1H. The second kappa shape index (κ2) is 10.8. The van der Waals surface area contributed by atoms with Crippen molar-refractivity contribution in [2.75, 3.05) is 20.8 Å². The Balaban J connectivity index is 0.00000364. The summed E-state index contributed by atoms with van der Waals surface area (Å²) < 4.78 is 10.5. The van der Waals surface area contributed by atoms with Crippen LogP contribution in [0.1, 0.15) is 42.5 Å². The van der Waals surface area contributed by atoms with Crippen LogP contribution < -0.4 is 20.5 Å². The average molecular weight is 393 g/mol. The fourth-order valence-corrected chi connectivity index (χ4v) is 2.73. The molecule has 6 heteroatoms. The average Bonchev–Trinajstić information content (AvgIpc) is 2.66. The van der Waals surface area contributed by atoms with Crippen LogP contribution in [0.5, 0.6) is 11.5 Å². The maximum Gasteiger partial charge on any atom is 0.224 e. The van der Waals surface area contributed by atoms with Gasteiger partial charge in [-0.1, -0.05) is 38.1 Å². The summed E-state index contributed by atoms with van der Waals surface area (Å²) in [5.74, 6) is 1.73. The van der Waals surface area contributed by atoms with E-state index in [4.69, 9.17) is 15.2 Å². The normalized spacial score (nSPS) is 11.5. The van der Waals surface area contributed by atoms with E-state index >= 15 is 0 Å². The van der Waals surface area contributed by atoms with Gasteiger partial charge < -0.3 is 20.5 Å². The Kier molecular flexibility index (Phi) is 9.12. The Morgan fingerprint density at radius 1 is 1.04 bits per heavy atom. The minimum absolute atomic E-state index is 0. The molecule has 0 spiro atoms. The Bertz CT molecular complexity index is 733. The van der Waals surface area contributed by atoms with Gasteiger partial charge in [-0.15, -0.1) is 12.4 Å². The summed E-state index contributed by atoms with van der Waals surface area (Å²) in [5.41, 5.74) is 9.26. The molecule has 0 bridgehead atoms. The number of carbonyl (C=O) groups excluding carboxylic acids is 1. The molecule has 5 nitrogen and oxygen atoms in total. The highest BCUT2D eigenvalue weighted by molar-refractivity contribution is 5.85. The molecule has 2 aromatic rings. The van der Waals surface area contributed by atoms with Crippen molar-refractivity contribution in [3.63, 3.8) is 0 Å². The van der Waals surface area contributed by atoms with Crippen molar-refractivity contribution in [2.45, 2.75) is 32.2 Å². The first-order chi connectivity index (χ1) is 12.4. The fraction of sp³-hybridized carbons (Fsp3) is 0.381. The van der Waals surface area contributed by atoms with E-state index < -0.39 is 0 Å². The van der Waals surface area contributed by atoms with Crippen LogP contribution in [0.4, 0.5) is 0 Å². The van der Waals surface area contributed by atoms with Gasteiger partial charge in [-0.25, -0.2) is 0 Å². The smallest absolute Gasteiger partial charge is 0.224 e. The zero-order chi connectivity index (χ0) is 19.1. The van der Waals surface area contributed by atoms with Gasteiger partial charge in [0.25, 0.3) is 0 Å². The second-order valence-corrected chi connectivity index (χ2v) is 6.59. The van der Waals surface area contributed by atoms with E-state index in [0.717, 1.165) is 11.1 Å². The summed E-state index contributed by atoms with van der Waals surface area (Å²) in [4.78, 5) is 12.3.